The molecule has 6 heteroatoms. The van der Waals surface area contributed by atoms with E-state index < -0.39 is 0 Å². The average Bonchev–Trinajstić information content (AvgIpc) is 3.41. The van der Waals surface area contributed by atoms with Crippen molar-refractivity contribution in [2.24, 2.45) is 0 Å². The number of nitrogens with two attached hydrogens (primary N) is 1. The summed E-state index contributed by atoms with van der Waals surface area (Å²) in [6.45, 7) is 0. The number of nitrogen functional groups attached to an aromatic ring is 1. The summed E-state index contributed by atoms with van der Waals surface area (Å²) < 4.78 is 0. The van der Waals surface area contributed by atoms with Crippen LogP contribution in [0.1, 0.15) is 24.5 Å². The third kappa shape index (κ3) is 3.11. The molecule has 6 nitrogen and oxygen atoms in total. The van der Waals surface area contributed by atoms with Gasteiger partial charge in [0.05, 0.1) is 11.9 Å². The van der Waals surface area contributed by atoms with Gasteiger partial charge in [-0.25, -0.2) is 0 Å². The van der Waals surface area contributed by atoms with Gasteiger partial charge in [-0.15, -0.1) is 0 Å². The number of benzene rings is 1. The highest BCUT2D eigenvalue weighted by molar-refractivity contribution is 5.60. The summed E-state index contributed by atoms with van der Waals surface area (Å²) in [6.07, 6.45) is 4.28. The summed E-state index contributed by atoms with van der Waals surface area (Å²) in [7, 11) is 0. The molecule has 0 spiro atoms. The fourth-order valence-electron chi connectivity index (χ4n) is 2.39. The van der Waals surface area contributed by atoms with Crippen molar-refractivity contribution in [2.45, 2.75) is 18.8 Å². The van der Waals surface area contributed by atoms with Gasteiger partial charge < -0.3 is 11.1 Å². The summed E-state index contributed by atoms with van der Waals surface area (Å²) in [6, 6.07) is 13.7. The third-order valence-corrected chi connectivity index (χ3v) is 3.72. The highest BCUT2D eigenvalue weighted by atomic mass is 15.2. The smallest absolute Gasteiger partial charge is 0.232 e. The van der Waals surface area contributed by atoms with Crippen LogP contribution >= 0.6 is 0 Å². The lowest BCUT2D eigenvalue weighted by atomic mass is 10.2. The van der Waals surface area contributed by atoms with Crippen LogP contribution in [0.4, 0.5) is 17.6 Å². The number of rotatable bonds is 4. The van der Waals surface area contributed by atoms with E-state index in [0.717, 1.165) is 16.9 Å². The molecule has 0 saturated heterocycles. The summed E-state index contributed by atoms with van der Waals surface area (Å²) >= 11 is 0. The van der Waals surface area contributed by atoms with Crippen LogP contribution in [0.3, 0.4) is 0 Å². The van der Waals surface area contributed by atoms with Crippen molar-refractivity contribution in [2.75, 3.05) is 11.1 Å². The van der Waals surface area contributed by atoms with Crippen molar-refractivity contribution in [3.63, 3.8) is 0 Å². The van der Waals surface area contributed by atoms with Crippen LogP contribution < -0.4 is 11.1 Å². The highest BCUT2D eigenvalue weighted by Crippen LogP contribution is 2.39. The molecule has 23 heavy (non-hydrogen) atoms. The van der Waals surface area contributed by atoms with Gasteiger partial charge in [0.2, 0.25) is 11.9 Å². The Bertz CT molecular complexity index is 812. The standard InChI is InChI=1S/C17H16N6/c18-16-21-15(12-4-2-1-3-5-12)22-17(23-16)20-13-8-9-14(19-10-13)11-6-7-11/h1-5,8-11H,6-7H2,(H3,18,20,21,22,23). The normalized spacial score (nSPS) is 13.7. The van der Waals surface area contributed by atoms with Crippen molar-refractivity contribution in [1.82, 2.24) is 19.9 Å². The van der Waals surface area contributed by atoms with Crippen molar-refractivity contribution < 1.29 is 0 Å². The van der Waals surface area contributed by atoms with Gasteiger partial charge in [0.1, 0.15) is 0 Å². The molecule has 1 aliphatic rings. The molecule has 3 N–H and O–H groups in total. The lowest BCUT2D eigenvalue weighted by molar-refractivity contribution is 1.02. The lowest BCUT2D eigenvalue weighted by Gasteiger charge is -2.07. The van der Waals surface area contributed by atoms with Crippen LogP contribution in [0.5, 0.6) is 0 Å². The molecule has 4 rings (SSSR count). The maximum absolute atomic E-state index is 5.80. The number of pyridine rings is 1. The van der Waals surface area contributed by atoms with Crippen molar-refractivity contribution >= 4 is 17.6 Å². The topological polar surface area (TPSA) is 89.6 Å². The predicted octanol–water partition coefficient (Wildman–Crippen LogP) is 3.14. The number of aromatic nitrogens is 4. The second-order valence-electron chi connectivity index (χ2n) is 5.58. The van der Waals surface area contributed by atoms with Crippen LogP contribution in [0, 0.1) is 0 Å². The minimum atomic E-state index is 0.184. The van der Waals surface area contributed by atoms with Crippen LogP contribution in [-0.2, 0) is 0 Å². The molecule has 2 aromatic heterocycles. The molecule has 0 radical (unpaired) electrons. The first-order valence-electron chi connectivity index (χ1n) is 7.58. The Morgan fingerprint density at radius 2 is 1.78 bits per heavy atom. The third-order valence-electron chi connectivity index (χ3n) is 3.72. The van der Waals surface area contributed by atoms with Gasteiger partial charge in [0.15, 0.2) is 5.82 Å². The van der Waals surface area contributed by atoms with Gasteiger partial charge >= 0.3 is 0 Å². The van der Waals surface area contributed by atoms with E-state index in [1.807, 2.05) is 42.5 Å². The number of hydrogen-bond acceptors (Lipinski definition) is 6. The minimum absolute atomic E-state index is 0.184. The van der Waals surface area contributed by atoms with Crippen LogP contribution in [-0.4, -0.2) is 19.9 Å². The zero-order valence-corrected chi connectivity index (χ0v) is 12.5. The van der Waals surface area contributed by atoms with E-state index in [2.05, 4.69) is 25.3 Å². The van der Waals surface area contributed by atoms with Crippen LogP contribution in [0.15, 0.2) is 48.7 Å². The summed E-state index contributed by atoms with van der Waals surface area (Å²) in [5.41, 5.74) is 8.68. The first-order chi connectivity index (χ1) is 11.3. The van der Waals surface area contributed by atoms with Crippen molar-refractivity contribution in [1.29, 1.82) is 0 Å². The Kier molecular flexibility index (Phi) is 3.34. The van der Waals surface area contributed by atoms with E-state index in [1.54, 1.807) is 6.20 Å². The number of nitrogens with one attached hydrogen (secondary N) is 1. The fourth-order valence-corrected chi connectivity index (χ4v) is 2.39. The van der Waals surface area contributed by atoms with Crippen LogP contribution in [0.2, 0.25) is 0 Å². The molecule has 1 aliphatic carbocycles. The van der Waals surface area contributed by atoms with Gasteiger partial charge in [-0.3, -0.25) is 4.98 Å². The molecule has 1 saturated carbocycles. The predicted molar refractivity (Wildman–Crippen MR) is 89.2 cm³/mol. The van der Waals surface area contributed by atoms with E-state index in [-0.39, 0.29) is 5.95 Å². The van der Waals surface area contributed by atoms with E-state index in [1.165, 1.54) is 12.8 Å². The highest BCUT2D eigenvalue weighted by Gasteiger charge is 2.24. The van der Waals surface area contributed by atoms with Crippen LogP contribution in [0.25, 0.3) is 11.4 Å². The van der Waals surface area contributed by atoms with E-state index in [4.69, 9.17) is 5.73 Å². The Morgan fingerprint density at radius 1 is 0.957 bits per heavy atom. The maximum Gasteiger partial charge on any atom is 0.232 e. The Hall–Kier alpha value is -3.02. The van der Waals surface area contributed by atoms with Gasteiger partial charge in [0, 0.05) is 17.2 Å². The molecule has 0 aliphatic heterocycles. The molecule has 1 aromatic carbocycles. The first-order valence-corrected chi connectivity index (χ1v) is 7.58. The molecule has 3 aromatic rings. The Balaban J connectivity index is 1.59. The fraction of sp³-hybridized carbons (Fsp3) is 0.176. The largest absolute Gasteiger partial charge is 0.368 e. The number of anilines is 3. The van der Waals surface area contributed by atoms with Gasteiger partial charge in [0.25, 0.3) is 0 Å². The summed E-state index contributed by atoms with van der Waals surface area (Å²) in [5.74, 6) is 1.78. The van der Waals surface area contributed by atoms with Gasteiger partial charge in [-0.1, -0.05) is 30.3 Å². The number of hydrogen-bond donors (Lipinski definition) is 2. The molecule has 0 unspecified atom stereocenters. The second kappa shape index (κ2) is 5.64. The maximum atomic E-state index is 5.80. The number of nitrogens with zero attached hydrogens (tertiary/aromatic N) is 4. The van der Waals surface area contributed by atoms with E-state index in [0.29, 0.717) is 17.7 Å². The second-order valence-corrected chi connectivity index (χ2v) is 5.58. The molecule has 1 fully saturated rings. The SMILES string of the molecule is Nc1nc(Nc2ccc(C3CC3)nc2)nc(-c2ccccc2)n1. The minimum Gasteiger partial charge on any atom is -0.368 e. The van der Waals surface area contributed by atoms with Gasteiger partial charge in [-0.05, 0) is 25.0 Å². The average molecular weight is 304 g/mol. The molecule has 0 bridgehead atoms. The molecule has 114 valence electrons. The monoisotopic (exact) mass is 304 g/mol. The van der Waals surface area contributed by atoms with Gasteiger partial charge in [-0.2, -0.15) is 15.0 Å². The molecule has 0 amide bonds. The van der Waals surface area contributed by atoms with Crippen molar-refractivity contribution in [3.05, 3.63) is 54.4 Å². The lowest BCUT2D eigenvalue weighted by Crippen LogP contribution is -2.05. The Labute approximate surface area is 133 Å². The Morgan fingerprint density at radius 3 is 2.48 bits per heavy atom. The van der Waals surface area contributed by atoms with E-state index >= 15 is 0 Å². The molecule has 0 atom stereocenters. The zero-order valence-electron chi connectivity index (χ0n) is 12.5. The zero-order chi connectivity index (χ0) is 15.6. The van der Waals surface area contributed by atoms with E-state index in [9.17, 15) is 0 Å². The summed E-state index contributed by atoms with van der Waals surface area (Å²) in [5, 5.41) is 3.14. The quantitative estimate of drug-likeness (QED) is 0.769. The molecular formula is C17H16N6. The van der Waals surface area contributed by atoms with Crippen molar-refractivity contribution in [3.8, 4) is 11.4 Å². The molecular weight excluding hydrogens is 288 g/mol. The first kappa shape index (κ1) is 13.6. The molecule has 2 heterocycles. The summed E-state index contributed by atoms with van der Waals surface area (Å²) in [4.78, 5) is 17.2.